The Morgan fingerprint density at radius 1 is 0.950 bits per heavy atom. The van der Waals surface area contributed by atoms with Gasteiger partial charge >= 0.3 is 5.97 Å². The van der Waals surface area contributed by atoms with Crippen LogP contribution in [0.4, 0.5) is 0 Å². The molecule has 0 N–H and O–H groups in total. The first kappa shape index (κ1) is 13.3. The third-order valence-corrected chi connectivity index (χ3v) is 4.55. The summed E-state index contributed by atoms with van der Waals surface area (Å²) in [7, 11) is 0. The molecule has 0 aromatic heterocycles. The topological polar surface area (TPSA) is 26.3 Å². The monoisotopic (exact) mass is 302 g/mol. The van der Waals surface area contributed by atoms with Gasteiger partial charge in [0.2, 0.25) is 0 Å². The molecule has 20 heavy (non-hydrogen) atoms. The Balaban J connectivity index is 1.94. The van der Waals surface area contributed by atoms with Gasteiger partial charge in [-0.25, -0.2) is 4.79 Å². The first-order valence-corrected chi connectivity index (χ1v) is 7.33. The Morgan fingerprint density at radius 3 is 2.20 bits per heavy atom. The number of hydrogen-bond acceptors (Lipinski definition) is 3. The van der Waals surface area contributed by atoms with Crippen molar-refractivity contribution in [1.29, 1.82) is 0 Å². The number of carbonyl (C=O) groups is 1. The number of cyclic esters (lactones) is 1. The maximum Gasteiger partial charge on any atom is 0.351 e. The minimum Gasteiger partial charge on any atom is -0.448 e. The van der Waals surface area contributed by atoms with E-state index in [1.165, 1.54) is 11.8 Å². The van der Waals surface area contributed by atoms with Crippen LogP contribution in [0.1, 0.15) is 11.7 Å². The Labute approximate surface area is 126 Å². The van der Waals surface area contributed by atoms with Gasteiger partial charge in [0.05, 0.1) is 4.91 Å². The van der Waals surface area contributed by atoms with E-state index in [4.69, 9.17) is 16.3 Å². The predicted molar refractivity (Wildman–Crippen MR) is 80.5 cm³/mol. The maximum absolute atomic E-state index is 11.7. The van der Waals surface area contributed by atoms with Crippen LogP contribution in [0.25, 0.3) is 0 Å². The van der Waals surface area contributed by atoms with Crippen molar-refractivity contribution in [3.05, 3.63) is 76.2 Å². The zero-order valence-electron chi connectivity index (χ0n) is 10.5. The van der Waals surface area contributed by atoms with Crippen LogP contribution in [0.3, 0.4) is 0 Å². The molecule has 0 bridgehead atoms. The van der Waals surface area contributed by atoms with E-state index in [0.29, 0.717) is 0 Å². The molecule has 1 unspecified atom stereocenters. The summed E-state index contributed by atoms with van der Waals surface area (Å²) in [5.74, 6) is -0.459. The van der Waals surface area contributed by atoms with Crippen molar-refractivity contribution in [2.45, 2.75) is 11.0 Å². The summed E-state index contributed by atoms with van der Waals surface area (Å²) >= 11 is 7.58. The largest absolute Gasteiger partial charge is 0.448 e. The lowest BCUT2D eigenvalue weighted by atomic mass is 10.1. The number of esters is 1. The van der Waals surface area contributed by atoms with Crippen LogP contribution in [-0.4, -0.2) is 5.97 Å². The average molecular weight is 303 g/mol. The zero-order valence-corrected chi connectivity index (χ0v) is 12.0. The van der Waals surface area contributed by atoms with Crippen molar-refractivity contribution in [3.8, 4) is 0 Å². The van der Waals surface area contributed by atoms with Crippen LogP contribution in [0, 0.1) is 0 Å². The van der Waals surface area contributed by atoms with Gasteiger partial charge in [0.15, 0.2) is 6.10 Å². The highest BCUT2D eigenvalue weighted by atomic mass is 35.5. The van der Waals surface area contributed by atoms with Crippen molar-refractivity contribution in [2.75, 3.05) is 0 Å². The fraction of sp³-hybridized carbons (Fsp3) is 0.0625. The van der Waals surface area contributed by atoms with Crippen molar-refractivity contribution in [1.82, 2.24) is 0 Å². The van der Waals surface area contributed by atoms with E-state index in [-0.39, 0.29) is 5.03 Å². The highest BCUT2D eigenvalue weighted by Crippen LogP contribution is 2.45. The lowest BCUT2D eigenvalue weighted by Gasteiger charge is -2.13. The van der Waals surface area contributed by atoms with Gasteiger partial charge in [-0.1, -0.05) is 71.9 Å². The van der Waals surface area contributed by atoms with Crippen molar-refractivity contribution < 1.29 is 9.53 Å². The van der Waals surface area contributed by atoms with Crippen molar-refractivity contribution in [3.63, 3.8) is 0 Å². The maximum atomic E-state index is 11.7. The molecule has 0 radical (unpaired) electrons. The number of rotatable bonds is 3. The predicted octanol–water partition coefficient (Wildman–Crippen LogP) is 4.53. The third-order valence-electron chi connectivity index (χ3n) is 2.93. The van der Waals surface area contributed by atoms with Gasteiger partial charge in [0, 0.05) is 4.90 Å². The lowest BCUT2D eigenvalue weighted by Crippen LogP contribution is -2.02. The van der Waals surface area contributed by atoms with Gasteiger partial charge in [-0.2, -0.15) is 0 Å². The summed E-state index contributed by atoms with van der Waals surface area (Å²) in [5.41, 5.74) is 0.926. The van der Waals surface area contributed by atoms with Crippen LogP contribution in [0.2, 0.25) is 0 Å². The molecule has 100 valence electrons. The second-order valence-corrected chi connectivity index (χ2v) is 5.78. The van der Waals surface area contributed by atoms with E-state index >= 15 is 0 Å². The van der Waals surface area contributed by atoms with E-state index < -0.39 is 12.1 Å². The van der Waals surface area contributed by atoms with Gasteiger partial charge in [-0.05, 0) is 17.7 Å². The summed E-state index contributed by atoms with van der Waals surface area (Å²) in [6.07, 6.45) is -0.415. The smallest absolute Gasteiger partial charge is 0.351 e. The first-order chi connectivity index (χ1) is 9.75. The fourth-order valence-corrected chi connectivity index (χ4v) is 3.26. The van der Waals surface area contributed by atoms with Crippen LogP contribution < -0.4 is 0 Å². The normalized spacial score (nSPS) is 18.2. The number of ether oxygens (including phenoxy) is 1. The van der Waals surface area contributed by atoms with E-state index in [1.807, 2.05) is 60.7 Å². The third kappa shape index (κ3) is 2.60. The molecule has 1 heterocycles. The van der Waals surface area contributed by atoms with Gasteiger partial charge in [0.1, 0.15) is 5.03 Å². The molecular formula is C16H11ClO2S. The average Bonchev–Trinajstić information content (AvgIpc) is 2.78. The lowest BCUT2D eigenvalue weighted by molar-refractivity contribution is -0.139. The molecule has 0 aliphatic carbocycles. The number of benzene rings is 2. The minimum atomic E-state index is -0.459. The van der Waals surface area contributed by atoms with Crippen LogP contribution in [0.5, 0.6) is 0 Å². The van der Waals surface area contributed by atoms with E-state index in [9.17, 15) is 4.79 Å². The van der Waals surface area contributed by atoms with Crippen molar-refractivity contribution >= 4 is 29.3 Å². The highest BCUT2D eigenvalue weighted by Gasteiger charge is 2.34. The quantitative estimate of drug-likeness (QED) is 0.779. The summed E-state index contributed by atoms with van der Waals surface area (Å²) in [6.45, 7) is 0. The van der Waals surface area contributed by atoms with Crippen molar-refractivity contribution in [2.24, 2.45) is 0 Å². The number of carbonyl (C=O) groups excluding carboxylic acids is 1. The molecule has 3 rings (SSSR count). The SMILES string of the molecule is O=C1OC(c2ccccc2)C(Sc2ccccc2)=C1Cl. The molecular weight excluding hydrogens is 292 g/mol. The molecule has 0 spiro atoms. The van der Waals surface area contributed by atoms with Crippen LogP contribution in [0.15, 0.2) is 75.5 Å². The molecule has 0 fully saturated rings. The molecule has 2 nitrogen and oxygen atoms in total. The van der Waals surface area contributed by atoms with Gasteiger partial charge in [-0.15, -0.1) is 0 Å². The Bertz CT molecular complexity index is 653. The fourth-order valence-electron chi connectivity index (χ4n) is 1.99. The Hall–Kier alpha value is -1.71. The molecule has 0 amide bonds. The van der Waals surface area contributed by atoms with Crippen LogP contribution in [-0.2, 0) is 9.53 Å². The molecule has 2 aromatic rings. The van der Waals surface area contributed by atoms with E-state index in [0.717, 1.165) is 15.4 Å². The number of halogens is 1. The summed E-state index contributed by atoms with van der Waals surface area (Å²) in [4.78, 5) is 13.5. The van der Waals surface area contributed by atoms with E-state index in [1.54, 1.807) is 0 Å². The van der Waals surface area contributed by atoms with E-state index in [2.05, 4.69) is 0 Å². The second-order valence-electron chi connectivity index (χ2n) is 4.29. The van der Waals surface area contributed by atoms with Gasteiger partial charge < -0.3 is 4.74 Å². The minimum absolute atomic E-state index is 0.174. The molecule has 4 heteroatoms. The second kappa shape index (κ2) is 5.73. The molecule has 2 aromatic carbocycles. The Morgan fingerprint density at radius 2 is 1.55 bits per heavy atom. The van der Waals surface area contributed by atoms with Crippen LogP contribution >= 0.6 is 23.4 Å². The summed E-state index contributed by atoms with van der Waals surface area (Å²) < 4.78 is 5.38. The molecule has 1 atom stereocenters. The summed E-state index contributed by atoms with van der Waals surface area (Å²) in [5, 5.41) is 0.174. The first-order valence-electron chi connectivity index (χ1n) is 6.14. The molecule has 0 saturated carbocycles. The zero-order chi connectivity index (χ0) is 13.9. The van der Waals surface area contributed by atoms with Gasteiger partial charge in [0.25, 0.3) is 0 Å². The number of thioether (sulfide) groups is 1. The molecule has 1 aliphatic heterocycles. The molecule has 0 saturated heterocycles. The highest BCUT2D eigenvalue weighted by molar-refractivity contribution is 8.03. The van der Waals surface area contributed by atoms with Gasteiger partial charge in [-0.3, -0.25) is 0 Å². The standard InChI is InChI=1S/C16H11ClO2S/c17-13-15(20-12-9-5-2-6-10-12)14(19-16(13)18)11-7-3-1-4-8-11/h1-10,14H. The molecule has 1 aliphatic rings. The Kier molecular flexibility index (Phi) is 3.81. The summed E-state index contributed by atoms with van der Waals surface area (Å²) in [6, 6.07) is 19.4. The number of hydrogen-bond donors (Lipinski definition) is 0.